The summed E-state index contributed by atoms with van der Waals surface area (Å²) in [6.45, 7) is 6.97. The number of likely N-dealkylation sites (tertiary alicyclic amines) is 1. The van der Waals surface area contributed by atoms with E-state index in [9.17, 15) is 0 Å². The van der Waals surface area contributed by atoms with Crippen molar-refractivity contribution in [3.8, 4) is 0 Å². The number of unbranched alkanes of at least 4 members (excludes halogenated alkanes) is 1. The van der Waals surface area contributed by atoms with Gasteiger partial charge in [-0.3, -0.25) is 4.99 Å². The van der Waals surface area contributed by atoms with E-state index >= 15 is 0 Å². The summed E-state index contributed by atoms with van der Waals surface area (Å²) in [7, 11) is 0. The summed E-state index contributed by atoms with van der Waals surface area (Å²) in [6, 6.07) is 16.8. The molecule has 3 rings (SSSR count). The maximum Gasteiger partial charge on any atom is 0.193 e. The third-order valence-electron chi connectivity index (χ3n) is 4.91. The van der Waals surface area contributed by atoms with Crippen molar-refractivity contribution >= 4 is 11.8 Å². The number of hydrogen-bond acceptors (Lipinski definition) is 3. The fourth-order valence-electron chi connectivity index (χ4n) is 3.48. The second-order valence-corrected chi connectivity index (χ2v) is 6.93. The minimum Gasteiger partial charge on any atom is -0.370 e. The molecule has 5 heteroatoms. The van der Waals surface area contributed by atoms with Gasteiger partial charge in [-0.2, -0.15) is 0 Å². The predicted octanol–water partition coefficient (Wildman–Crippen LogP) is 3.73. The van der Waals surface area contributed by atoms with Crippen LogP contribution < -0.4 is 10.6 Å². The fourth-order valence-corrected chi connectivity index (χ4v) is 3.48. The van der Waals surface area contributed by atoms with E-state index in [-0.39, 0.29) is 0 Å². The van der Waals surface area contributed by atoms with Crippen LogP contribution in [0.15, 0.2) is 59.7 Å². The van der Waals surface area contributed by atoms with E-state index in [4.69, 9.17) is 4.99 Å². The molecule has 0 spiro atoms. The van der Waals surface area contributed by atoms with Crippen molar-refractivity contribution in [2.75, 3.05) is 38.0 Å². The summed E-state index contributed by atoms with van der Waals surface area (Å²) in [5.41, 5.74) is 1.44. The molecule has 0 saturated carbocycles. The highest BCUT2D eigenvalue weighted by Gasteiger charge is 2.25. The van der Waals surface area contributed by atoms with Crippen molar-refractivity contribution in [1.82, 2.24) is 15.2 Å². The Bertz CT molecular complexity index is 686. The molecular weight excluding hydrogens is 334 g/mol. The number of rotatable bonds is 8. The van der Waals surface area contributed by atoms with Crippen LogP contribution in [0.5, 0.6) is 0 Å². The van der Waals surface area contributed by atoms with E-state index < -0.39 is 0 Å². The highest BCUT2D eigenvalue weighted by molar-refractivity contribution is 5.80. The number of hydrogen-bond donors (Lipinski definition) is 2. The minimum absolute atomic E-state index is 0.609. The Hall–Kier alpha value is -2.56. The van der Waals surface area contributed by atoms with Crippen LogP contribution in [0.2, 0.25) is 0 Å². The molecule has 0 aliphatic carbocycles. The first-order valence-electron chi connectivity index (χ1n) is 10.1. The van der Waals surface area contributed by atoms with Crippen LogP contribution in [0.25, 0.3) is 0 Å². The van der Waals surface area contributed by atoms with Gasteiger partial charge in [-0.25, -0.2) is 4.98 Å². The lowest BCUT2D eigenvalue weighted by Crippen LogP contribution is -2.40. The summed E-state index contributed by atoms with van der Waals surface area (Å²) in [5.74, 6) is 2.62. The first-order chi connectivity index (χ1) is 13.4. The number of aliphatic imine (C=N–C) groups is 1. The number of nitrogens with zero attached hydrogens (tertiary/aromatic N) is 3. The molecule has 1 aromatic heterocycles. The second-order valence-electron chi connectivity index (χ2n) is 6.93. The van der Waals surface area contributed by atoms with E-state index in [1.54, 1.807) is 0 Å². The average Bonchev–Trinajstić information content (AvgIpc) is 3.21. The molecule has 1 aliphatic heterocycles. The van der Waals surface area contributed by atoms with Gasteiger partial charge in [-0.05, 0) is 43.9 Å². The Morgan fingerprint density at radius 3 is 2.78 bits per heavy atom. The van der Waals surface area contributed by atoms with Crippen LogP contribution >= 0.6 is 0 Å². The second kappa shape index (κ2) is 10.6. The maximum atomic E-state index is 4.86. The van der Waals surface area contributed by atoms with Crippen molar-refractivity contribution in [2.24, 2.45) is 4.99 Å². The van der Waals surface area contributed by atoms with Gasteiger partial charge in [0.1, 0.15) is 5.82 Å². The number of aromatic nitrogens is 1. The molecule has 1 fully saturated rings. The van der Waals surface area contributed by atoms with Gasteiger partial charge in [0.25, 0.3) is 0 Å². The summed E-state index contributed by atoms with van der Waals surface area (Å²) >= 11 is 0. The number of anilines is 1. The molecule has 2 heterocycles. The van der Waals surface area contributed by atoms with Gasteiger partial charge in [0, 0.05) is 44.8 Å². The molecular formula is C22H31N5. The monoisotopic (exact) mass is 365 g/mol. The summed E-state index contributed by atoms with van der Waals surface area (Å²) in [4.78, 5) is 11.5. The zero-order chi connectivity index (χ0) is 18.7. The molecule has 1 unspecified atom stereocenters. The molecule has 0 amide bonds. The zero-order valence-electron chi connectivity index (χ0n) is 16.3. The minimum atomic E-state index is 0.609. The Labute approximate surface area is 162 Å². The lowest BCUT2D eigenvalue weighted by molar-refractivity contribution is 0.485. The molecule has 2 N–H and O–H groups in total. The van der Waals surface area contributed by atoms with Crippen LogP contribution in [0.4, 0.5) is 5.82 Å². The van der Waals surface area contributed by atoms with Crippen LogP contribution in [-0.2, 0) is 0 Å². The van der Waals surface area contributed by atoms with E-state index in [1.807, 2.05) is 24.4 Å². The predicted molar refractivity (Wildman–Crippen MR) is 113 cm³/mol. The molecule has 1 saturated heterocycles. The van der Waals surface area contributed by atoms with Gasteiger partial charge in [0.05, 0.1) is 0 Å². The molecule has 0 bridgehead atoms. The van der Waals surface area contributed by atoms with E-state index in [2.05, 4.69) is 57.8 Å². The van der Waals surface area contributed by atoms with Crippen molar-refractivity contribution in [2.45, 2.75) is 32.1 Å². The smallest absolute Gasteiger partial charge is 0.193 e. The Morgan fingerprint density at radius 1 is 1.15 bits per heavy atom. The van der Waals surface area contributed by atoms with Crippen LogP contribution in [0.3, 0.4) is 0 Å². The normalized spacial score (nSPS) is 17.1. The highest BCUT2D eigenvalue weighted by atomic mass is 15.3. The molecule has 0 radical (unpaired) electrons. The number of guanidine groups is 1. The highest BCUT2D eigenvalue weighted by Crippen LogP contribution is 2.26. The van der Waals surface area contributed by atoms with Crippen LogP contribution in [0.1, 0.15) is 37.7 Å². The molecule has 1 aromatic carbocycles. The SMILES string of the molecule is CCNC(=NCCCCNc1ccccn1)N1CCC(c2ccccc2)C1. The van der Waals surface area contributed by atoms with Crippen molar-refractivity contribution in [3.05, 3.63) is 60.3 Å². The standard InChI is InChI=1S/C22H31N5/c1-2-23-22(26-16-9-8-15-25-21-12-6-7-14-24-21)27-17-13-20(18-27)19-10-4-3-5-11-19/h3-7,10-12,14,20H,2,8-9,13,15-18H2,1H3,(H,23,26)(H,24,25). The number of nitrogens with one attached hydrogen (secondary N) is 2. The summed E-state index contributed by atoms with van der Waals surface area (Å²) < 4.78 is 0. The quantitative estimate of drug-likeness (QED) is 0.425. The van der Waals surface area contributed by atoms with Gasteiger partial charge < -0.3 is 15.5 Å². The third-order valence-corrected chi connectivity index (χ3v) is 4.91. The van der Waals surface area contributed by atoms with Gasteiger partial charge in [-0.15, -0.1) is 0 Å². The van der Waals surface area contributed by atoms with E-state index in [1.165, 1.54) is 12.0 Å². The number of pyridine rings is 1. The van der Waals surface area contributed by atoms with Crippen LogP contribution in [-0.4, -0.2) is 48.6 Å². The lowest BCUT2D eigenvalue weighted by atomic mass is 9.99. The average molecular weight is 366 g/mol. The molecule has 5 nitrogen and oxygen atoms in total. The Kier molecular flexibility index (Phi) is 7.51. The Balaban J connectivity index is 1.43. The third kappa shape index (κ3) is 5.98. The van der Waals surface area contributed by atoms with Crippen molar-refractivity contribution in [1.29, 1.82) is 0 Å². The summed E-state index contributed by atoms with van der Waals surface area (Å²) in [5, 5.41) is 6.81. The zero-order valence-corrected chi connectivity index (χ0v) is 16.3. The molecule has 2 aromatic rings. The van der Waals surface area contributed by atoms with Gasteiger partial charge in [0.2, 0.25) is 0 Å². The van der Waals surface area contributed by atoms with E-state index in [0.717, 1.165) is 57.3 Å². The van der Waals surface area contributed by atoms with Crippen molar-refractivity contribution in [3.63, 3.8) is 0 Å². The molecule has 144 valence electrons. The van der Waals surface area contributed by atoms with Gasteiger partial charge in [-0.1, -0.05) is 36.4 Å². The largest absolute Gasteiger partial charge is 0.370 e. The van der Waals surface area contributed by atoms with E-state index in [0.29, 0.717) is 5.92 Å². The molecule has 27 heavy (non-hydrogen) atoms. The summed E-state index contributed by atoms with van der Waals surface area (Å²) in [6.07, 6.45) is 5.17. The first-order valence-corrected chi connectivity index (χ1v) is 10.1. The molecule has 1 aliphatic rings. The van der Waals surface area contributed by atoms with Gasteiger partial charge in [0.15, 0.2) is 5.96 Å². The first kappa shape index (κ1) is 19.2. The number of benzene rings is 1. The Morgan fingerprint density at radius 2 is 2.00 bits per heavy atom. The topological polar surface area (TPSA) is 52.6 Å². The lowest BCUT2D eigenvalue weighted by Gasteiger charge is -2.21. The maximum absolute atomic E-state index is 4.86. The fraction of sp³-hybridized carbons (Fsp3) is 0.455. The molecule has 1 atom stereocenters. The van der Waals surface area contributed by atoms with Gasteiger partial charge >= 0.3 is 0 Å². The van der Waals surface area contributed by atoms with Crippen molar-refractivity contribution < 1.29 is 0 Å². The van der Waals surface area contributed by atoms with Crippen LogP contribution in [0, 0.1) is 0 Å².